The van der Waals surface area contributed by atoms with Crippen LogP contribution in [0.2, 0.25) is 0 Å². The first kappa shape index (κ1) is 26.9. The minimum Gasteiger partial charge on any atom is -0.493 e. The molecule has 0 saturated heterocycles. The fourth-order valence-electron chi connectivity index (χ4n) is 3.20. The number of rotatable bonds is 9. The number of hydrogen-bond donors (Lipinski definition) is 1. The van der Waals surface area contributed by atoms with Crippen molar-refractivity contribution in [3.8, 4) is 11.5 Å². The van der Waals surface area contributed by atoms with Crippen LogP contribution in [-0.4, -0.2) is 54.8 Å². The molecule has 3 rings (SSSR count). The molecule has 2 aromatic heterocycles. The van der Waals surface area contributed by atoms with Crippen LogP contribution < -0.4 is 14.8 Å². The Kier molecular flexibility index (Phi) is 7.86. The van der Waals surface area contributed by atoms with Gasteiger partial charge in [-0.3, -0.25) is 0 Å². The average molecular weight is 517 g/mol. The molecule has 0 amide bonds. The maximum absolute atomic E-state index is 13.2. The van der Waals surface area contributed by atoms with Gasteiger partial charge < -0.3 is 19.5 Å². The largest absolute Gasteiger partial charge is 0.493 e. The lowest BCUT2D eigenvalue weighted by Gasteiger charge is -2.20. The molecule has 0 aliphatic heterocycles. The third kappa shape index (κ3) is 6.30. The Morgan fingerprint density at radius 1 is 1.00 bits per heavy atom. The second-order valence-corrected chi connectivity index (χ2v) is 7.43. The lowest BCUT2D eigenvalue weighted by atomic mass is 10.2. The van der Waals surface area contributed by atoms with Crippen molar-refractivity contribution in [3.05, 3.63) is 41.3 Å². The second kappa shape index (κ2) is 10.5. The zero-order chi connectivity index (χ0) is 26.7. The molecular weight excluding hydrogens is 496 g/mol. The van der Waals surface area contributed by atoms with E-state index in [-0.39, 0.29) is 35.4 Å². The summed E-state index contributed by atoms with van der Waals surface area (Å²) in [5.41, 5.74) is -0.577. The van der Waals surface area contributed by atoms with Gasteiger partial charge in [-0.25, -0.2) is 19.9 Å². The molecule has 1 aromatic carbocycles. The van der Waals surface area contributed by atoms with Crippen molar-refractivity contribution in [3.63, 3.8) is 0 Å². The van der Waals surface area contributed by atoms with Crippen LogP contribution in [-0.2, 0) is 17.5 Å². The number of halogens is 6. The summed E-state index contributed by atoms with van der Waals surface area (Å²) in [6, 6.07) is 4.44. The van der Waals surface area contributed by atoms with Gasteiger partial charge in [-0.1, -0.05) is 0 Å². The van der Waals surface area contributed by atoms with Crippen molar-refractivity contribution in [1.82, 2.24) is 15.0 Å². The summed E-state index contributed by atoms with van der Waals surface area (Å²) in [5.74, 6) is 0.384. The number of ether oxygens (including phenoxy) is 3. The number of aromatic nitrogens is 3. The Labute approximate surface area is 201 Å². The van der Waals surface area contributed by atoms with Gasteiger partial charge in [0, 0.05) is 18.6 Å². The number of methoxy groups -OCH3 is 2. The van der Waals surface area contributed by atoms with E-state index in [1.54, 1.807) is 6.92 Å². The van der Waals surface area contributed by atoms with Crippen LogP contribution in [0.3, 0.4) is 0 Å². The van der Waals surface area contributed by atoms with Gasteiger partial charge in [0.2, 0.25) is 0 Å². The normalized spacial score (nSPS) is 12.9. The highest BCUT2D eigenvalue weighted by Crippen LogP contribution is 2.36. The van der Waals surface area contributed by atoms with Gasteiger partial charge in [-0.15, -0.1) is 0 Å². The molecule has 0 spiro atoms. The number of anilines is 1. The molecule has 2 heterocycles. The molecule has 36 heavy (non-hydrogen) atoms. The van der Waals surface area contributed by atoms with Crippen LogP contribution in [0.1, 0.15) is 17.1 Å². The standard InChI is InChI=1S/C22H21F6N5O3/c1-11-31-15-8-16(34-3)17(36-10-18(35-4)22(26,27)28)7-14(15)20(32-11)30-9-13-5-12(21(23,24)25)6-19(29-2)33-13/h5-8,18H,2,9-10H2,1,3-4H3,(H,30,31,32). The number of aliphatic imine (C=N–C) groups is 1. The van der Waals surface area contributed by atoms with Gasteiger partial charge in [0.15, 0.2) is 23.4 Å². The van der Waals surface area contributed by atoms with Crippen LogP contribution in [0.5, 0.6) is 11.5 Å². The van der Waals surface area contributed by atoms with E-state index in [2.05, 4.69) is 36.7 Å². The highest BCUT2D eigenvalue weighted by molar-refractivity contribution is 5.91. The topological polar surface area (TPSA) is 90.8 Å². The zero-order valence-corrected chi connectivity index (χ0v) is 19.3. The van der Waals surface area contributed by atoms with Crippen molar-refractivity contribution in [2.24, 2.45) is 4.99 Å². The van der Waals surface area contributed by atoms with Crippen LogP contribution in [0.15, 0.2) is 29.3 Å². The Balaban J connectivity index is 1.96. The Morgan fingerprint density at radius 3 is 2.31 bits per heavy atom. The summed E-state index contributed by atoms with van der Waals surface area (Å²) in [6.07, 6.45) is -11.4. The Hall–Kier alpha value is -3.68. The van der Waals surface area contributed by atoms with E-state index in [9.17, 15) is 26.3 Å². The summed E-state index contributed by atoms with van der Waals surface area (Å²) >= 11 is 0. The van der Waals surface area contributed by atoms with Crippen molar-refractivity contribution in [1.29, 1.82) is 0 Å². The number of benzene rings is 1. The van der Waals surface area contributed by atoms with E-state index < -0.39 is 30.6 Å². The third-order valence-corrected chi connectivity index (χ3v) is 4.92. The van der Waals surface area contributed by atoms with Crippen molar-refractivity contribution in [2.45, 2.75) is 31.9 Å². The maximum Gasteiger partial charge on any atom is 0.417 e. The summed E-state index contributed by atoms with van der Waals surface area (Å²) in [5, 5.41) is 3.22. The molecule has 0 radical (unpaired) electrons. The molecule has 0 saturated carbocycles. The molecule has 1 atom stereocenters. The molecule has 3 aromatic rings. The monoisotopic (exact) mass is 517 g/mol. The molecule has 0 bridgehead atoms. The summed E-state index contributed by atoms with van der Waals surface area (Å²) < 4.78 is 93.8. The summed E-state index contributed by atoms with van der Waals surface area (Å²) in [7, 11) is 2.22. The molecular formula is C22H21F6N5O3. The fourth-order valence-corrected chi connectivity index (χ4v) is 3.20. The fraction of sp³-hybridized carbons (Fsp3) is 0.364. The van der Waals surface area contributed by atoms with Crippen LogP contribution in [0.25, 0.3) is 10.9 Å². The predicted octanol–water partition coefficient (Wildman–Crippen LogP) is 5.26. The van der Waals surface area contributed by atoms with Crippen LogP contribution in [0, 0.1) is 6.92 Å². The molecule has 0 aliphatic rings. The number of pyridine rings is 1. The van der Waals surface area contributed by atoms with E-state index in [1.807, 2.05) is 0 Å². The summed E-state index contributed by atoms with van der Waals surface area (Å²) in [6.45, 7) is 3.79. The van der Waals surface area contributed by atoms with Crippen LogP contribution >= 0.6 is 0 Å². The van der Waals surface area contributed by atoms with Gasteiger partial charge >= 0.3 is 12.4 Å². The quantitative estimate of drug-likeness (QED) is 0.306. The summed E-state index contributed by atoms with van der Waals surface area (Å²) in [4.78, 5) is 16.0. The van der Waals surface area contributed by atoms with Gasteiger partial charge in [0.05, 0.1) is 30.4 Å². The van der Waals surface area contributed by atoms with E-state index >= 15 is 0 Å². The van der Waals surface area contributed by atoms with Crippen LogP contribution in [0.4, 0.5) is 38.0 Å². The van der Waals surface area contributed by atoms with Gasteiger partial charge in [0.25, 0.3) is 0 Å². The highest BCUT2D eigenvalue weighted by atomic mass is 19.4. The minimum atomic E-state index is -4.65. The number of fused-ring (bicyclic) bond motifs is 1. The Bertz CT molecular complexity index is 1250. The predicted molar refractivity (Wildman–Crippen MR) is 119 cm³/mol. The zero-order valence-electron chi connectivity index (χ0n) is 19.3. The lowest BCUT2D eigenvalue weighted by molar-refractivity contribution is -0.219. The lowest BCUT2D eigenvalue weighted by Crippen LogP contribution is -2.36. The Morgan fingerprint density at radius 2 is 1.72 bits per heavy atom. The molecule has 1 N–H and O–H groups in total. The number of aryl methyl sites for hydroxylation is 1. The van der Waals surface area contributed by atoms with Gasteiger partial charge in [-0.2, -0.15) is 26.3 Å². The second-order valence-electron chi connectivity index (χ2n) is 7.43. The SMILES string of the molecule is C=Nc1cc(C(F)(F)F)cc(CNc2nc(C)nc3cc(OC)c(OCC(OC)C(F)(F)F)cc23)n1. The number of nitrogens with one attached hydrogen (secondary N) is 1. The van der Waals surface area contributed by atoms with Gasteiger partial charge in [0.1, 0.15) is 18.2 Å². The first-order valence-electron chi connectivity index (χ1n) is 10.2. The van der Waals surface area contributed by atoms with Crippen molar-refractivity contribution < 1.29 is 40.6 Å². The van der Waals surface area contributed by atoms with Gasteiger partial charge in [-0.05, 0) is 31.8 Å². The maximum atomic E-state index is 13.2. The first-order chi connectivity index (χ1) is 16.8. The number of hydrogen-bond acceptors (Lipinski definition) is 8. The van der Waals surface area contributed by atoms with E-state index in [4.69, 9.17) is 9.47 Å². The van der Waals surface area contributed by atoms with Crippen molar-refractivity contribution >= 4 is 29.3 Å². The van der Waals surface area contributed by atoms with E-state index in [1.165, 1.54) is 19.2 Å². The number of alkyl halides is 6. The number of nitrogens with zero attached hydrogens (tertiary/aromatic N) is 4. The average Bonchev–Trinajstić information content (AvgIpc) is 2.80. The molecule has 0 fully saturated rings. The smallest absolute Gasteiger partial charge is 0.417 e. The van der Waals surface area contributed by atoms with E-state index in [0.29, 0.717) is 16.7 Å². The third-order valence-electron chi connectivity index (χ3n) is 4.92. The first-order valence-corrected chi connectivity index (χ1v) is 10.2. The molecule has 0 aliphatic carbocycles. The molecule has 194 valence electrons. The minimum absolute atomic E-state index is 0.00902. The molecule has 8 nitrogen and oxygen atoms in total. The van der Waals surface area contributed by atoms with E-state index in [0.717, 1.165) is 19.2 Å². The van der Waals surface area contributed by atoms with Crippen molar-refractivity contribution in [2.75, 3.05) is 26.1 Å². The highest BCUT2D eigenvalue weighted by Gasteiger charge is 2.40. The molecule has 14 heteroatoms. The molecule has 1 unspecified atom stereocenters.